The molecule has 1 aromatic carbocycles. The molecule has 1 aliphatic heterocycles. The number of hydrogen-bond donors (Lipinski definition) is 1. The minimum Gasteiger partial charge on any atom is -0.492 e. The highest BCUT2D eigenvalue weighted by Crippen LogP contribution is 2.32. The standard InChI is InChI=1S/C18H22N4O3/c1-24-17-10-22(9-14(17)15-8-19-21-20-15)18(23)13-4-2-3-5-16(13)25-11-12-6-7-12/h2-5,8,12,14,17H,6-7,9-11H2,1H3,(H,19,20,21)/t14-,17+/m0/s1. The van der Waals surface area contributed by atoms with Gasteiger partial charge in [0.1, 0.15) is 5.75 Å². The fourth-order valence-corrected chi connectivity index (χ4v) is 3.28. The highest BCUT2D eigenvalue weighted by Gasteiger charge is 2.38. The summed E-state index contributed by atoms with van der Waals surface area (Å²) >= 11 is 0. The number of methoxy groups -OCH3 is 1. The van der Waals surface area contributed by atoms with Gasteiger partial charge in [-0.15, -0.1) is 0 Å². The molecule has 0 spiro atoms. The number of H-pyrrole nitrogens is 1. The fourth-order valence-electron chi connectivity index (χ4n) is 3.28. The molecule has 1 saturated carbocycles. The van der Waals surface area contributed by atoms with E-state index in [1.165, 1.54) is 12.8 Å². The summed E-state index contributed by atoms with van der Waals surface area (Å²) in [4.78, 5) is 14.9. The second kappa shape index (κ2) is 6.84. The summed E-state index contributed by atoms with van der Waals surface area (Å²) in [6.45, 7) is 1.78. The van der Waals surface area contributed by atoms with Crippen LogP contribution in [0.3, 0.4) is 0 Å². The van der Waals surface area contributed by atoms with Crippen LogP contribution in [0.25, 0.3) is 0 Å². The number of hydrogen-bond acceptors (Lipinski definition) is 5. The third-order valence-electron chi connectivity index (χ3n) is 4.96. The van der Waals surface area contributed by atoms with Crippen molar-refractivity contribution in [3.05, 3.63) is 41.7 Å². The van der Waals surface area contributed by atoms with E-state index in [1.54, 1.807) is 13.3 Å². The molecule has 2 aromatic rings. The average Bonchev–Trinajstić information content (AvgIpc) is 3.13. The molecule has 0 bridgehead atoms. The Morgan fingerprint density at radius 2 is 2.16 bits per heavy atom. The normalized spacial score (nSPS) is 23.0. The van der Waals surface area contributed by atoms with Crippen LogP contribution in [0.1, 0.15) is 34.8 Å². The van der Waals surface area contributed by atoms with Gasteiger partial charge in [-0.2, -0.15) is 15.4 Å². The van der Waals surface area contributed by atoms with Crippen LogP contribution in [0.4, 0.5) is 0 Å². The lowest BCUT2D eigenvalue weighted by atomic mass is 10.0. The molecule has 2 atom stereocenters. The monoisotopic (exact) mass is 342 g/mol. The molecule has 1 N–H and O–H groups in total. The van der Waals surface area contributed by atoms with Crippen LogP contribution < -0.4 is 4.74 Å². The summed E-state index contributed by atoms with van der Waals surface area (Å²) in [7, 11) is 1.67. The number of carbonyl (C=O) groups excluding carboxylic acids is 1. The molecule has 2 heterocycles. The molecule has 2 fully saturated rings. The van der Waals surface area contributed by atoms with Crippen LogP contribution in [0, 0.1) is 5.92 Å². The van der Waals surface area contributed by atoms with E-state index in [2.05, 4.69) is 15.4 Å². The Labute approximate surface area is 146 Å². The van der Waals surface area contributed by atoms with E-state index in [4.69, 9.17) is 9.47 Å². The maximum absolute atomic E-state index is 13.1. The van der Waals surface area contributed by atoms with Crippen molar-refractivity contribution in [2.75, 3.05) is 26.8 Å². The molecule has 1 amide bonds. The molecule has 7 nitrogen and oxygen atoms in total. The highest BCUT2D eigenvalue weighted by molar-refractivity contribution is 5.97. The molecule has 1 aliphatic carbocycles. The smallest absolute Gasteiger partial charge is 0.257 e. The predicted molar refractivity (Wildman–Crippen MR) is 90.5 cm³/mol. The largest absolute Gasteiger partial charge is 0.492 e. The highest BCUT2D eigenvalue weighted by atomic mass is 16.5. The SMILES string of the molecule is CO[C@@H]1CN(C(=O)c2ccccc2OCC2CC2)C[C@H]1c1cn[nH]n1. The van der Waals surface area contributed by atoms with E-state index in [0.717, 1.165) is 5.69 Å². The number of nitrogens with one attached hydrogen (secondary N) is 1. The Bertz CT molecular complexity index is 730. The topological polar surface area (TPSA) is 80.3 Å². The Hall–Kier alpha value is -2.41. The molecular weight excluding hydrogens is 320 g/mol. The number of benzene rings is 1. The number of amides is 1. The Balaban J connectivity index is 1.51. The number of ether oxygens (including phenoxy) is 2. The van der Waals surface area contributed by atoms with Crippen molar-refractivity contribution in [3.63, 3.8) is 0 Å². The van der Waals surface area contributed by atoms with E-state index in [9.17, 15) is 4.79 Å². The Morgan fingerprint density at radius 1 is 1.32 bits per heavy atom. The van der Waals surface area contributed by atoms with E-state index in [-0.39, 0.29) is 17.9 Å². The van der Waals surface area contributed by atoms with E-state index in [1.807, 2.05) is 29.2 Å². The van der Waals surface area contributed by atoms with E-state index < -0.39 is 0 Å². The quantitative estimate of drug-likeness (QED) is 0.866. The molecule has 1 saturated heterocycles. The van der Waals surface area contributed by atoms with Crippen LogP contribution in [-0.4, -0.2) is 59.1 Å². The van der Waals surface area contributed by atoms with Gasteiger partial charge in [0.25, 0.3) is 5.91 Å². The summed E-state index contributed by atoms with van der Waals surface area (Å²) in [5.41, 5.74) is 1.43. The first-order chi connectivity index (χ1) is 12.3. The second-order valence-corrected chi connectivity index (χ2v) is 6.74. The first kappa shape index (κ1) is 16.1. The van der Waals surface area contributed by atoms with E-state index in [0.29, 0.717) is 36.9 Å². The summed E-state index contributed by atoms with van der Waals surface area (Å²) in [6, 6.07) is 7.47. The Kier molecular flexibility index (Phi) is 4.40. The van der Waals surface area contributed by atoms with Crippen molar-refractivity contribution in [2.45, 2.75) is 24.9 Å². The van der Waals surface area contributed by atoms with Gasteiger partial charge in [-0.05, 0) is 30.9 Å². The van der Waals surface area contributed by atoms with Crippen LogP contribution >= 0.6 is 0 Å². The van der Waals surface area contributed by atoms with Crippen molar-refractivity contribution < 1.29 is 14.3 Å². The lowest BCUT2D eigenvalue weighted by Gasteiger charge is -2.18. The van der Waals surface area contributed by atoms with Gasteiger partial charge in [-0.3, -0.25) is 4.79 Å². The minimum absolute atomic E-state index is 0.0206. The summed E-state index contributed by atoms with van der Waals surface area (Å²) < 4.78 is 11.5. The zero-order valence-corrected chi connectivity index (χ0v) is 14.2. The third-order valence-corrected chi connectivity index (χ3v) is 4.96. The van der Waals surface area contributed by atoms with Crippen molar-refractivity contribution in [1.29, 1.82) is 0 Å². The van der Waals surface area contributed by atoms with Gasteiger partial charge in [-0.25, -0.2) is 0 Å². The maximum atomic E-state index is 13.1. The number of aromatic amines is 1. The summed E-state index contributed by atoms with van der Waals surface area (Å²) in [5, 5.41) is 10.7. The first-order valence-corrected chi connectivity index (χ1v) is 8.66. The molecular formula is C18H22N4O3. The van der Waals surface area contributed by atoms with Crippen LogP contribution in [0.15, 0.2) is 30.5 Å². The number of para-hydroxylation sites is 1. The van der Waals surface area contributed by atoms with Gasteiger partial charge in [0.05, 0.1) is 36.1 Å². The fraction of sp³-hybridized carbons (Fsp3) is 0.500. The van der Waals surface area contributed by atoms with Gasteiger partial charge in [0, 0.05) is 20.2 Å². The lowest BCUT2D eigenvalue weighted by Crippen LogP contribution is -2.30. The number of nitrogens with zero attached hydrogens (tertiary/aromatic N) is 3. The minimum atomic E-state index is -0.0893. The van der Waals surface area contributed by atoms with Gasteiger partial charge in [0.15, 0.2) is 0 Å². The van der Waals surface area contributed by atoms with Gasteiger partial charge in [0.2, 0.25) is 0 Å². The maximum Gasteiger partial charge on any atom is 0.257 e. The molecule has 1 aromatic heterocycles. The number of rotatable bonds is 6. The molecule has 0 unspecified atom stereocenters. The predicted octanol–water partition coefficient (Wildman–Crippen LogP) is 1.85. The van der Waals surface area contributed by atoms with Crippen LogP contribution in [0.2, 0.25) is 0 Å². The second-order valence-electron chi connectivity index (χ2n) is 6.74. The summed E-state index contributed by atoms with van der Waals surface area (Å²) in [6.07, 6.45) is 4.04. The van der Waals surface area contributed by atoms with Crippen LogP contribution in [-0.2, 0) is 4.74 Å². The van der Waals surface area contributed by atoms with Gasteiger partial charge < -0.3 is 14.4 Å². The molecule has 0 radical (unpaired) electrons. The zero-order chi connectivity index (χ0) is 17.2. The molecule has 7 heteroatoms. The number of carbonyl (C=O) groups is 1. The lowest BCUT2D eigenvalue weighted by molar-refractivity contribution is 0.0710. The van der Waals surface area contributed by atoms with Gasteiger partial charge in [-0.1, -0.05) is 12.1 Å². The summed E-state index contributed by atoms with van der Waals surface area (Å²) in [5.74, 6) is 1.30. The Morgan fingerprint density at radius 3 is 2.88 bits per heavy atom. The van der Waals surface area contributed by atoms with Crippen LogP contribution in [0.5, 0.6) is 5.75 Å². The number of aromatic nitrogens is 3. The third kappa shape index (κ3) is 3.37. The van der Waals surface area contributed by atoms with Crippen molar-refractivity contribution in [2.24, 2.45) is 5.92 Å². The first-order valence-electron chi connectivity index (χ1n) is 8.66. The molecule has 4 rings (SSSR count). The number of likely N-dealkylation sites (tertiary alicyclic amines) is 1. The van der Waals surface area contributed by atoms with Crippen molar-refractivity contribution in [3.8, 4) is 5.75 Å². The van der Waals surface area contributed by atoms with Crippen molar-refractivity contribution in [1.82, 2.24) is 20.3 Å². The molecule has 132 valence electrons. The van der Waals surface area contributed by atoms with E-state index >= 15 is 0 Å². The molecule has 2 aliphatic rings. The molecule has 25 heavy (non-hydrogen) atoms. The van der Waals surface area contributed by atoms with Gasteiger partial charge >= 0.3 is 0 Å². The zero-order valence-electron chi connectivity index (χ0n) is 14.2. The van der Waals surface area contributed by atoms with Crippen molar-refractivity contribution >= 4 is 5.91 Å². The average molecular weight is 342 g/mol.